The number of thiocarbonyl (C=S) groups is 1. The maximum absolute atomic E-state index is 14.9. The van der Waals surface area contributed by atoms with Crippen molar-refractivity contribution in [3.63, 3.8) is 0 Å². The summed E-state index contributed by atoms with van der Waals surface area (Å²) in [4.78, 5) is 6.45. The van der Waals surface area contributed by atoms with Crippen LogP contribution in [0.5, 0.6) is 0 Å². The zero-order valence-electron chi connectivity index (χ0n) is 17.8. The molecule has 0 unspecified atom stereocenters. The summed E-state index contributed by atoms with van der Waals surface area (Å²) in [6, 6.07) is 18.1. The summed E-state index contributed by atoms with van der Waals surface area (Å²) in [5.41, 5.74) is 4.55. The number of para-hydroxylation sites is 1. The first-order chi connectivity index (χ1) is 15.5. The van der Waals surface area contributed by atoms with Crippen LogP contribution in [0.15, 0.2) is 77.5 Å². The molecule has 1 aromatic carbocycles. The Hall–Kier alpha value is -3.45. The number of pyridine rings is 1. The Labute approximate surface area is 191 Å². The van der Waals surface area contributed by atoms with Crippen LogP contribution < -0.4 is 10.2 Å². The van der Waals surface area contributed by atoms with E-state index in [4.69, 9.17) is 16.6 Å². The summed E-state index contributed by atoms with van der Waals surface area (Å²) in [7, 11) is 0. The molecule has 0 spiro atoms. The van der Waals surface area contributed by atoms with Gasteiger partial charge in [-0.2, -0.15) is 0 Å². The summed E-state index contributed by atoms with van der Waals surface area (Å²) in [6.45, 7) is 4.79. The number of hydrogen-bond donors (Lipinski definition) is 1. The lowest BCUT2D eigenvalue weighted by Gasteiger charge is -2.28. The first-order valence-electron chi connectivity index (χ1n) is 10.5. The van der Waals surface area contributed by atoms with Crippen molar-refractivity contribution in [1.29, 1.82) is 0 Å². The highest BCUT2D eigenvalue weighted by molar-refractivity contribution is 7.80. The zero-order chi connectivity index (χ0) is 22.2. The Balaban J connectivity index is 1.65. The van der Waals surface area contributed by atoms with E-state index in [0.717, 1.165) is 28.4 Å². The lowest BCUT2D eigenvalue weighted by Crippen LogP contribution is -2.30. The molecule has 0 amide bonds. The number of rotatable bonds is 5. The molecule has 3 aromatic heterocycles. The minimum atomic E-state index is -0.312. The molecule has 5 rings (SSSR count). The standard InChI is InChI=1S/C25H23FN4OS/c1-16-14-19(17(2)29(16)15-18-8-7-13-31-18)24-23(21-10-5-6-12-27-21)28-25(32)30(24)22-11-4-3-9-20(22)26/h3-14,23-24H,15H2,1-2H3,(H,28,32)/t23-,24+/m0/s1. The summed E-state index contributed by atoms with van der Waals surface area (Å²) in [5.74, 6) is 0.568. The quantitative estimate of drug-likeness (QED) is 0.413. The maximum Gasteiger partial charge on any atom is 0.174 e. The van der Waals surface area contributed by atoms with E-state index in [1.807, 2.05) is 41.3 Å². The molecule has 162 valence electrons. The van der Waals surface area contributed by atoms with Crippen LogP contribution in [0.3, 0.4) is 0 Å². The van der Waals surface area contributed by atoms with Crippen LogP contribution in [-0.4, -0.2) is 14.7 Å². The van der Waals surface area contributed by atoms with Crippen LogP contribution in [0.4, 0.5) is 10.1 Å². The Kier molecular flexibility index (Phi) is 5.27. The molecule has 0 saturated carbocycles. The molecule has 4 aromatic rings. The van der Waals surface area contributed by atoms with Crippen LogP contribution >= 0.6 is 12.2 Å². The number of benzene rings is 1. The number of furan rings is 1. The first-order valence-corrected chi connectivity index (χ1v) is 10.9. The van der Waals surface area contributed by atoms with Gasteiger partial charge in [0.25, 0.3) is 0 Å². The topological polar surface area (TPSA) is 46.2 Å². The highest BCUT2D eigenvalue weighted by atomic mass is 32.1. The predicted molar refractivity (Wildman–Crippen MR) is 126 cm³/mol. The van der Waals surface area contributed by atoms with Gasteiger partial charge in [0.2, 0.25) is 0 Å². The number of anilines is 1. The lowest BCUT2D eigenvalue weighted by molar-refractivity contribution is 0.488. The normalized spacial score (nSPS) is 18.2. The van der Waals surface area contributed by atoms with E-state index in [9.17, 15) is 4.39 Å². The van der Waals surface area contributed by atoms with E-state index in [1.165, 1.54) is 6.07 Å². The molecule has 1 saturated heterocycles. The molecule has 0 bridgehead atoms. The van der Waals surface area contributed by atoms with Crippen LogP contribution in [0.1, 0.15) is 40.5 Å². The van der Waals surface area contributed by atoms with Crippen LogP contribution in [-0.2, 0) is 6.54 Å². The SMILES string of the molecule is Cc1cc([C@@H]2[C@H](c3ccccn3)NC(=S)N2c2ccccc2F)c(C)n1Cc1ccco1. The van der Waals surface area contributed by atoms with Crippen molar-refractivity contribution in [3.8, 4) is 0 Å². The van der Waals surface area contributed by atoms with Crippen molar-refractivity contribution in [3.05, 3.63) is 107 Å². The van der Waals surface area contributed by atoms with Gasteiger partial charge in [-0.1, -0.05) is 18.2 Å². The number of hydrogen-bond acceptors (Lipinski definition) is 3. The number of halogens is 1. The fraction of sp³-hybridized carbons (Fsp3) is 0.200. The van der Waals surface area contributed by atoms with Gasteiger partial charge in [-0.3, -0.25) is 4.98 Å². The second-order valence-electron chi connectivity index (χ2n) is 7.94. The van der Waals surface area contributed by atoms with Crippen molar-refractivity contribution < 1.29 is 8.81 Å². The van der Waals surface area contributed by atoms with E-state index in [0.29, 0.717) is 17.3 Å². The average molecular weight is 447 g/mol. The number of aromatic nitrogens is 2. The van der Waals surface area contributed by atoms with Crippen molar-refractivity contribution in [2.45, 2.75) is 32.5 Å². The maximum atomic E-state index is 14.9. The van der Waals surface area contributed by atoms with E-state index in [-0.39, 0.29) is 17.9 Å². The van der Waals surface area contributed by atoms with Gasteiger partial charge in [-0.25, -0.2) is 4.39 Å². The number of nitrogens with zero attached hydrogens (tertiary/aromatic N) is 3. The van der Waals surface area contributed by atoms with Gasteiger partial charge < -0.3 is 19.2 Å². The third-order valence-electron chi connectivity index (χ3n) is 6.04. The van der Waals surface area contributed by atoms with Gasteiger partial charge in [0.15, 0.2) is 5.11 Å². The first kappa shape index (κ1) is 20.5. The molecule has 1 fully saturated rings. The van der Waals surface area contributed by atoms with E-state index < -0.39 is 0 Å². The minimum Gasteiger partial charge on any atom is -0.467 e. The van der Waals surface area contributed by atoms with Gasteiger partial charge in [0.05, 0.1) is 36.3 Å². The van der Waals surface area contributed by atoms with E-state index in [1.54, 1.807) is 24.6 Å². The van der Waals surface area contributed by atoms with Crippen molar-refractivity contribution in [2.75, 3.05) is 4.90 Å². The van der Waals surface area contributed by atoms with Crippen LogP contribution in [0, 0.1) is 19.7 Å². The van der Waals surface area contributed by atoms with Gasteiger partial charge in [-0.05, 0) is 74.1 Å². The van der Waals surface area contributed by atoms with Crippen LogP contribution in [0.25, 0.3) is 0 Å². The average Bonchev–Trinajstić information content (AvgIpc) is 3.50. The summed E-state index contributed by atoms with van der Waals surface area (Å²) in [6.07, 6.45) is 3.45. The highest BCUT2D eigenvalue weighted by Crippen LogP contribution is 2.43. The molecule has 0 aliphatic carbocycles. The lowest BCUT2D eigenvalue weighted by atomic mass is 9.96. The molecule has 1 aliphatic heterocycles. The molecule has 4 heterocycles. The predicted octanol–water partition coefficient (Wildman–Crippen LogP) is 5.46. The largest absolute Gasteiger partial charge is 0.467 e. The summed E-state index contributed by atoms with van der Waals surface area (Å²) in [5, 5.41) is 3.87. The molecule has 32 heavy (non-hydrogen) atoms. The summed E-state index contributed by atoms with van der Waals surface area (Å²) < 4.78 is 22.7. The Morgan fingerprint density at radius 3 is 2.62 bits per heavy atom. The van der Waals surface area contributed by atoms with Gasteiger partial charge in [0.1, 0.15) is 11.6 Å². The Morgan fingerprint density at radius 2 is 1.91 bits per heavy atom. The molecule has 0 radical (unpaired) electrons. The van der Waals surface area contributed by atoms with Crippen molar-refractivity contribution in [1.82, 2.24) is 14.9 Å². The van der Waals surface area contributed by atoms with Crippen molar-refractivity contribution in [2.24, 2.45) is 0 Å². The smallest absolute Gasteiger partial charge is 0.174 e. The molecular formula is C25H23FN4OS. The zero-order valence-corrected chi connectivity index (χ0v) is 18.6. The van der Waals surface area contributed by atoms with E-state index >= 15 is 0 Å². The third kappa shape index (κ3) is 3.48. The fourth-order valence-corrected chi connectivity index (χ4v) is 4.85. The number of nitrogens with one attached hydrogen (secondary N) is 1. The second-order valence-corrected chi connectivity index (χ2v) is 8.33. The van der Waals surface area contributed by atoms with Crippen LogP contribution in [0.2, 0.25) is 0 Å². The van der Waals surface area contributed by atoms with Crippen molar-refractivity contribution >= 4 is 23.0 Å². The van der Waals surface area contributed by atoms with E-state index in [2.05, 4.69) is 34.8 Å². The minimum absolute atomic E-state index is 0.221. The van der Waals surface area contributed by atoms with Gasteiger partial charge >= 0.3 is 0 Å². The second kappa shape index (κ2) is 8.24. The number of aryl methyl sites for hydroxylation is 1. The highest BCUT2D eigenvalue weighted by Gasteiger charge is 2.43. The molecule has 5 nitrogen and oxygen atoms in total. The molecule has 1 aliphatic rings. The fourth-order valence-electron chi connectivity index (χ4n) is 4.51. The monoisotopic (exact) mass is 446 g/mol. The van der Waals surface area contributed by atoms with Gasteiger partial charge in [0, 0.05) is 17.6 Å². The Bertz CT molecular complexity index is 1250. The summed E-state index contributed by atoms with van der Waals surface area (Å²) >= 11 is 5.71. The molecule has 1 N–H and O–H groups in total. The Morgan fingerprint density at radius 1 is 1.09 bits per heavy atom. The van der Waals surface area contributed by atoms with Gasteiger partial charge in [-0.15, -0.1) is 0 Å². The third-order valence-corrected chi connectivity index (χ3v) is 6.35. The molecule has 2 atom stereocenters. The molecule has 7 heteroatoms. The molecular weight excluding hydrogens is 423 g/mol.